The van der Waals surface area contributed by atoms with Gasteiger partial charge in [-0.1, -0.05) is 55.9 Å². The van der Waals surface area contributed by atoms with E-state index in [1.54, 1.807) is 0 Å². The van der Waals surface area contributed by atoms with Crippen LogP contribution < -0.4 is 0 Å². The number of hydrogen-bond acceptors (Lipinski definition) is 5. The van der Waals surface area contributed by atoms with E-state index in [0.29, 0.717) is 18.3 Å². The van der Waals surface area contributed by atoms with E-state index in [-0.39, 0.29) is 24.1 Å². The Kier molecular flexibility index (Phi) is 11.8. The van der Waals surface area contributed by atoms with Gasteiger partial charge in [-0.15, -0.1) is 0 Å². The van der Waals surface area contributed by atoms with Crippen LogP contribution >= 0.6 is 0 Å². The number of fused-ring (bicyclic) bond motifs is 1. The lowest BCUT2D eigenvalue weighted by molar-refractivity contribution is -0.140. The van der Waals surface area contributed by atoms with Gasteiger partial charge in [0, 0.05) is 12.3 Å². The summed E-state index contributed by atoms with van der Waals surface area (Å²) in [6.07, 6.45) is 17.6. The Labute approximate surface area is 188 Å². The van der Waals surface area contributed by atoms with Gasteiger partial charge in [0.2, 0.25) is 0 Å². The first-order chi connectivity index (χ1) is 14.9. The lowest BCUT2D eigenvalue weighted by Crippen LogP contribution is -2.17. The molecule has 2 unspecified atom stereocenters. The number of hydrogen-bond donors (Lipinski definition) is 3. The lowest BCUT2D eigenvalue weighted by atomic mass is 9.90. The van der Waals surface area contributed by atoms with Crippen LogP contribution in [-0.4, -0.2) is 46.7 Å². The number of allylic oxidation sites excluding steroid dienone is 2. The molecule has 0 aromatic rings. The number of aliphatic hydroxyl groups excluding tert-OH is 3. The van der Waals surface area contributed by atoms with Crippen LogP contribution in [0.1, 0.15) is 90.4 Å². The van der Waals surface area contributed by atoms with Crippen molar-refractivity contribution in [3.8, 4) is 0 Å². The third-order valence-electron chi connectivity index (χ3n) is 7.03. The summed E-state index contributed by atoms with van der Waals surface area (Å²) in [5, 5.41) is 30.1. The number of methoxy groups -OCH3 is 1. The molecule has 0 bridgehead atoms. The van der Waals surface area contributed by atoms with Gasteiger partial charge in [0.1, 0.15) is 0 Å². The second-order valence-electron chi connectivity index (χ2n) is 9.69. The summed E-state index contributed by atoms with van der Waals surface area (Å²) >= 11 is 0. The second kappa shape index (κ2) is 14.1. The van der Waals surface area contributed by atoms with Gasteiger partial charge in [0.25, 0.3) is 0 Å². The molecule has 2 fully saturated rings. The maximum absolute atomic E-state index is 11.2. The van der Waals surface area contributed by atoms with E-state index in [4.69, 9.17) is 0 Å². The standard InChI is InChI=1S/C26H44O5/c1-19(27)10-6-4-3-5-7-12-22(28)14-15-23-24-17-20(16-21(24)18-25(23)29)11-8-9-13-26(30)31-2/h11,14-15,19,21-25,27-29H,3-10,12-13,16-18H2,1-2H3/t19?,21-,22?,23-,24+,25-/m0/s1. The summed E-state index contributed by atoms with van der Waals surface area (Å²) in [5.74, 6) is 1.00. The minimum Gasteiger partial charge on any atom is -0.469 e. The zero-order valence-electron chi connectivity index (χ0n) is 19.5. The van der Waals surface area contributed by atoms with Crippen LogP contribution in [0.3, 0.4) is 0 Å². The number of carbonyl (C=O) groups is 1. The van der Waals surface area contributed by atoms with Crippen LogP contribution in [-0.2, 0) is 9.53 Å². The highest BCUT2D eigenvalue weighted by Crippen LogP contribution is 2.50. The average Bonchev–Trinajstić information content (AvgIpc) is 3.24. The van der Waals surface area contributed by atoms with Crippen molar-refractivity contribution in [3.63, 3.8) is 0 Å². The van der Waals surface area contributed by atoms with Gasteiger partial charge in [-0.25, -0.2) is 0 Å². The predicted octanol–water partition coefficient (Wildman–Crippen LogP) is 4.69. The third-order valence-corrected chi connectivity index (χ3v) is 7.03. The Hall–Kier alpha value is -1.17. The number of carbonyl (C=O) groups excluding carboxylic acids is 1. The van der Waals surface area contributed by atoms with Gasteiger partial charge in [0.05, 0.1) is 25.4 Å². The van der Waals surface area contributed by atoms with Gasteiger partial charge in [0.15, 0.2) is 0 Å². The number of ether oxygens (including phenoxy) is 1. The van der Waals surface area contributed by atoms with Crippen molar-refractivity contribution >= 4 is 5.97 Å². The Morgan fingerprint density at radius 1 is 1.10 bits per heavy atom. The molecule has 2 rings (SSSR count). The average molecular weight is 437 g/mol. The van der Waals surface area contributed by atoms with Crippen LogP contribution in [0.2, 0.25) is 0 Å². The number of aliphatic hydroxyl groups is 3. The number of unbranched alkanes of at least 4 members (excludes halogenated alkanes) is 5. The summed E-state index contributed by atoms with van der Waals surface area (Å²) in [7, 11) is 1.43. The largest absolute Gasteiger partial charge is 0.469 e. The molecule has 6 atom stereocenters. The molecule has 31 heavy (non-hydrogen) atoms. The van der Waals surface area contributed by atoms with Gasteiger partial charge in [-0.2, -0.15) is 0 Å². The molecule has 0 aromatic carbocycles. The van der Waals surface area contributed by atoms with Crippen molar-refractivity contribution in [2.75, 3.05) is 7.11 Å². The maximum Gasteiger partial charge on any atom is 0.305 e. The monoisotopic (exact) mass is 436 g/mol. The van der Waals surface area contributed by atoms with E-state index >= 15 is 0 Å². The first kappa shape index (κ1) is 26.1. The van der Waals surface area contributed by atoms with Crippen molar-refractivity contribution in [2.24, 2.45) is 17.8 Å². The Morgan fingerprint density at radius 3 is 2.52 bits per heavy atom. The van der Waals surface area contributed by atoms with Crippen molar-refractivity contribution in [1.82, 2.24) is 0 Å². The van der Waals surface area contributed by atoms with Gasteiger partial charge in [-0.3, -0.25) is 4.79 Å². The van der Waals surface area contributed by atoms with Crippen molar-refractivity contribution in [1.29, 1.82) is 0 Å². The van der Waals surface area contributed by atoms with E-state index < -0.39 is 6.10 Å². The van der Waals surface area contributed by atoms with E-state index in [0.717, 1.165) is 77.0 Å². The molecule has 0 saturated heterocycles. The predicted molar refractivity (Wildman–Crippen MR) is 123 cm³/mol. The summed E-state index contributed by atoms with van der Waals surface area (Å²) in [6, 6.07) is 0. The molecule has 0 radical (unpaired) electrons. The van der Waals surface area contributed by atoms with Crippen LogP contribution in [0.25, 0.3) is 0 Å². The van der Waals surface area contributed by atoms with Crippen molar-refractivity contribution in [2.45, 2.75) is 109 Å². The minimum atomic E-state index is -0.432. The lowest BCUT2D eigenvalue weighted by Gasteiger charge is -2.18. The molecule has 0 aliphatic heterocycles. The van der Waals surface area contributed by atoms with E-state index in [1.807, 2.05) is 13.0 Å². The molecular weight excluding hydrogens is 392 g/mol. The van der Waals surface area contributed by atoms with Crippen LogP contribution in [0.15, 0.2) is 23.8 Å². The van der Waals surface area contributed by atoms with Crippen LogP contribution in [0.4, 0.5) is 0 Å². The Morgan fingerprint density at radius 2 is 1.81 bits per heavy atom. The van der Waals surface area contributed by atoms with E-state index in [9.17, 15) is 20.1 Å². The Bertz CT molecular complexity index is 582. The number of esters is 1. The highest BCUT2D eigenvalue weighted by Gasteiger charge is 2.44. The van der Waals surface area contributed by atoms with Gasteiger partial charge in [-0.05, 0) is 63.7 Å². The van der Waals surface area contributed by atoms with Crippen molar-refractivity contribution < 1.29 is 24.9 Å². The zero-order valence-corrected chi connectivity index (χ0v) is 19.5. The van der Waals surface area contributed by atoms with E-state index in [2.05, 4.69) is 16.9 Å². The molecule has 2 saturated carbocycles. The first-order valence-electron chi connectivity index (χ1n) is 12.4. The maximum atomic E-state index is 11.2. The minimum absolute atomic E-state index is 0.140. The quantitative estimate of drug-likeness (QED) is 0.209. The molecule has 0 amide bonds. The van der Waals surface area contributed by atoms with Gasteiger partial charge < -0.3 is 20.1 Å². The van der Waals surface area contributed by atoms with E-state index in [1.165, 1.54) is 12.7 Å². The first-order valence-corrected chi connectivity index (χ1v) is 12.4. The summed E-state index contributed by atoms with van der Waals surface area (Å²) in [6.45, 7) is 1.84. The smallest absolute Gasteiger partial charge is 0.305 e. The normalized spacial score (nSPS) is 28.9. The summed E-state index contributed by atoms with van der Waals surface area (Å²) < 4.78 is 4.69. The highest BCUT2D eigenvalue weighted by atomic mass is 16.5. The molecule has 5 heteroatoms. The molecule has 0 aromatic heterocycles. The summed E-state index contributed by atoms with van der Waals surface area (Å²) in [4.78, 5) is 11.2. The molecule has 5 nitrogen and oxygen atoms in total. The SMILES string of the molecule is COC(=O)CCCC=C1C[C@H]2C[C@H](O)[C@@H](C=CC(O)CCCCCCCC(C)O)[C@@H]2C1. The molecular formula is C26H44O5. The molecule has 178 valence electrons. The van der Waals surface area contributed by atoms with Crippen molar-refractivity contribution in [3.05, 3.63) is 23.8 Å². The van der Waals surface area contributed by atoms with Crippen LogP contribution in [0, 0.1) is 17.8 Å². The zero-order chi connectivity index (χ0) is 22.6. The Balaban J connectivity index is 1.67. The summed E-state index contributed by atoms with van der Waals surface area (Å²) in [5.41, 5.74) is 1.46. The fourth-order valence-corrected chi connectivity index (χ4v) is 5.27. The molecule has 2 aliphatic carbocycles. The fraction of sp³-hybridized carbons (Fsp3) is 0.808. The third kappa shape index (κ3) is 9.46. The fourth-order valence-electron chi connectivity index (χ4n) is 5.27. The van der Waals surface area contributed by atoms with Gasteiger partial charge >= 0.3 is 5.97 Å². The molecule has 0 spiro atoms. The topological polar surface area (TPSA) is 87.0 Å². The molecule has 2 aliphatic rings. The molecule has 3 N–H and O–H groups in total. The highest BCUT2D eigenvalue weighted by molar-refractivity contribution is 5.69. The molecule has 0 heterocycles. The second-order valence-corrected chi connectivity index (χ2v) is 9.69. The van der Waals surface area contributed by atoms with Crippen LogP contribution in [0.5, 0.6) is 0 Å². The number of rotatable bonds is 14.